The minimum Gasteiger partial charge on any atom is -0.456 e. The molecule has 4 fully saturated rings. The van der Waals surface area contributed by atoms with E-state index in [1.807, 2.05) is 26.8 Å². The quantitative estimate of drug-likeness (QED) is 0.567. The number of hydrogen-bond donors (Lipinski definition) is 1. The van der Waals surface area contributed by atoms with Gasteiger partial charge in [-0.25, -0.2) is 4.79 Å². The van der Waals surface area contributed by atoms with Crippen LogP contribution in [0.4, 0.5) is 0 Å². The molecule has 1 spiro atoms. The van der Waals surface area contributed by atoms with Gasteiger partial charge in [0.2, 0.25) is 0 Å². The molecule has 0 radical (unpaired) electrons. The van der Waals surface area contributed by atoms with Crippen LogP contribution in [0, 0.1) is 34.5 Å². The van der Waals surface area contributed by atoms with Crippen molar-refractivity contribution in [1.29, 1.82) is 0 Å². The predicted molar refractivity (Wildman–Crippen MR) is 135 cm³/mol. The van der Waals surface area contributed by atoms with Gasteiger partial charge in [-0.1, -0.05) is 11.6 Å². The SMILES string of the molecule is COC1OC(C)(C2CC(C)=C(C)C(=O)O2)C2CCC3C4CC(O)C5(OC)CC=CC(=O)C5(C)C4CCC132. The molecule has 2 aliphatic heterocycles. The molecule has 0 aromatic carbocycles. The highest BCUT2D eigenvalue weighted by Gasteiger charge is 2.76. The minimum absolute atomic E-state index is 0.0717. The van der Waals surface area contributed by atoms with Gasteiger partial charge in [-0.2, -0.15) is 0 Å². The Balaban J connectivity index is 1.39. The van der Waals surface area contributed by atoms with Crippen molar-refractivity contribution in [3.63, 3.8) is 0 Å². The molecule has 6 aliphatic rings. The molecule has 3 saturated carbocycles. The average Bonchev–Trinajstić information content (AvgIpc) is 3.38. The summed E-state index contributed by atoms with van der Waals surface area (Å²) in [6.07, 6.45) is 7.59. The van der Waals surface area contributed by atoms with Gasteiger partial charge >= 0.3 is 5.97 Å². The van der Waals surface area contributed by atoms with Crippen molar-refractivity contribution in [2.45, 2.75) is 102 Å². The summed E-state index contributed by atoms with van der Waals surface area (Å²) in [7, 11) is 3.36. The fraction of sp³-hybridized carbons (Fsp3) is 0.800. The second-order valence-electron chi connectivity index (χ2n) is 13.0. The van der Waals surface area contributed by atoms with E-state index < -0.39 is 29.0 Å². The third kappa shape index (κ3) is 2.92. The fourth-order valence-corrected chi connectivity index (χ4v) is 10.3. The van der Waals surface area contributed by atoms with Crippen LogP contribution in [0.1, 0.15) is 72.6 Å². The number of ether oxygens (including phenoxy) is 4. The van der Waals surface area contributed by atoms with E-state index in [9.17, 15) is 14.7 Å². The zero-order valence-electron chi connectivity index (χ0n) is 23.0. The first kappa shape index (κ1) is 25.7. The Morgan fingerprint density at radius 1 is 1.08 bits per heavy atom. The Morgan fingerprint density at radius 2 is 1.84 bits per heavy atom. The van der Waals surface area contributed by atoms with E-state index in [0.29, 0.717) is 24.8 Å². The normalized spacial score (nSPS) is 52.9. The van der Waals surface area contributed by atoms with Gasteiger partial charge in [0.1, 0.15) is 17.3 Å². The molecule has 11 atom stereocenters. The lowest BCUT2D eigenvalue weighted by molar-refractivity contribution is -0.258. The number of allylic oxidation sites excluding steroid dienone is 1. The molecule has 0 amide bonds. The predicted octanol–water partition coefficient (Wildman–Crippen LogP) is 4.12. The molecule has 1 N–H and O–H groups in total. The van der Waals surface area contributed by atoms with Crippen LogP contribution in [-0.2, 0) is 28.5 Å². The number of ketones is 1. The number of cyclic esters (lactones) is 1. The van der Waals surface area contributed by atoms with Gasteiger partial charge in [-0.15, -0.1) is 0 Å². The molecule has 7 nitrogen and oxygen atoms in total. The molecule has 0 bridgehead atoms. The topological polar surface area (TPSA) is 91.3 Å². The van der Waals surface area contributed by atoms with Crippen LogP contribution in [0.2, 0.25) is 0 Å². The highest BCUT2D eigenvalue weighted by Crippen LogP contribution is 2.73. The largest absolute Gasteiger partial charge is 0.456 e. The van der Waals surface area contributed by atoms with Crippen LogP contribution in [-0.4, -0.2) is 60.8 Å². The number of fused-ring (bicyclic) bond motifs is 4. The summed E-state index contributed by atoms with van der Waals surface area (Å²) in [6, 6.07) is 0. The first-order valence-corrected chi connectivity index (χ1v) is 14.0. The smallest absolute Gasteiger partial charge is 0.334 e. The fourth-order valence-electron chi connectivity index (χ4n) is 10.3. The van der Waals surface area contributed by atoms with Crippen molar-refractivity contribution in [2.75, 3.05) is 14.2 Å². The van der Waals surface area contributed by atoms with Crippen LogP contribution < -0.4 is 0 Å². The van der Waals surface area contributed by atoms with Gasteiger partial charge in [-0.05, 0) is 90.0 Å². The summed E-state index contributed by atoms with van der Waals surface area (Å²) in [6.45, 7) is 7.99. The van der Waals surface area contributed by atoms with Crippen LogP contribution in [0.5, 0.6) is 0 Å². The Labute approximate surface area is 219 Å². The van der Waals surface area contributed by atoms with E-state index in [1.54, 1.807) is 20.3 Å². The molecule has 0 aromatic heterocycles. The van der Waals surface area contributed by atoms with Gasteiger partial charge in [0.15, 0.2) is 12.1 Å². The maximum atomic E-state index is 13.6. The summed E-state index contributed by atoms with van der Waals surface area (Å²) in [4.78, 5) is 26.2. The molecular weight excluding hydrogens is 472 g/mol. The molecule has 0 aromatic rings. The molecular formula is C30H42O7. The number of carbonyl (C=O) groups excluding carboxylic acids is 2. The first-order chi connectivity index (χ1) is 17.5. The molecule has 1 saturated heterocycles. The molecule has 11 unspecified atom stereocenters. The second-order valence-corrected chi connectivity index (χ2v) is 13.0. The van der Waals surface area contributed by atoms with Crippen molar-refractivity contribution >= 4 is 11.8 Å². The summed E-state index contributed by atoms with van der Waals surface area (Å²) in [5.74, 6) is 0.519. The highest BCUT2D eigenvalue weighted by atomic mass is 16.7. The highest BCUT2D eigenvalue weighted by molar-refractivity contribution is 5.97. The zero-order chi connectivity index (χ0) is 26.5. The third-order valence-corrected chi connectivity index (χ3v) is 12.3. The van der Waals surface area contributed by atoms with Gasteiger partial charge in [-0.3, -0.25) is 4.79 Å². The molecule has 7 heteroatoms. The van der Waals surface area contributed by atoms with E-state index in [0.717, 1.165) is 31.3 Å². The molecule has 2 heterocycles. The number of esters is 1. The summed E-state index contributed by atoms with van der Waals surface area (Å²) < 4.78 is 25.0. The van der Waals surface area contributed by atoms with Crippen LogP contribution in [0.3, 0.4) is 0 Å². The third-order valence-electron chi connectivity index (χ3n) is 12.3. The first-order valence-electron chi connectivity index (χ1n) is 14.0. The molecule has 4 aliphatic carbocycles. The van der Waals surface area contributed by atoms with Crippen molar-refractivity contribution < 1.29 is 33.6 Å². The Hall–Kier alpha value is -1.54. The van der Waals surface area contributed by atoms with E-state index in [4.69, 9.17) is 18.9 Å². The Bertz CT molecular complexity index is 1080. The van der Waals surface area contributed by atoms with Crippen LogP contribution >= 0.6 is 0 Å². The lowest BCUT2D eigenvalue weighted by Crippen LogP contribution is -2.70. The van der Waals surface area contributed by atoms with E-state index >= 15 is 0 Å². The number of rotatable bonds is 3. The number of hydrogen-bond acceptors (Lipinski definition) is 7. The molecule has 204 valence electrons. The van der Waals surface area contributed by atoms with Gasteiger partial charge in [0.05, 0.1) is 11.5 Å². The standard InChI is InChI=1S/C30H42O7/c1-16-14-24(36-25(33)17(16)2)28(4)21-10-9-20-18-15-23(32)30(35-6)12-7-8-22(31)27(30,3)19(18)11-13-29(20,21)26(34-5)37-28/h7-8,18-21,23-24,26,32H,9-15H2,1-6H3. The number of carbonyl (C=O) groups is 2. The summed E-state index contributed by atoms with van der Waals surface area (Å²) in [5, 5.41) is 11.6. The Kier molecular flexibility index (Phi) is 5.72. The van der Waals surface area contributed by atoms with Gasteiger partial charge < -0.3 is 24.1 Å². The second kappa shape index (κ2) is 8.23. The summed E-state index contributed by atoms with van der Waals surface area (Å²) >= 11 is 0. The molecule has 37 heavy (non-hydrogen) atoms. The van der Waals surface area contributed by atoms with Crippen molar-refractivity contribution in [3.8, 4) is 0 Å². The van der Waals surface area contributed by atoms with Crippen LogP contribution in [0.15, 0.2) is 23.3 Å². The van der Waals surface area contributed by atoms with Crippen molar-refractivity contribution in [2.24, 2.45) is 34.5 Å². The maximum absolute atomic E-state index is 13.6. The average molecular weight is 515 g/mol. The van der Waals surface area contributed by atoms with Crippen LogP contribution in [0.25, 0.3) is 0 Å². The van der Waals surface area contributed by atoms with Gasteiger partial charge in [0, 0.05) is 37.5 Å². The minimum atomic E-state index is -0.887. The Morgan fingerprint density at radius 3 is 2.51 bits per heavy atom. The number of methoxy groups -OCH3 is 2. The van der Waals surface area contributed by atoms with Gasteiger partial charge in [0.25, 0.3) is 0 Å². The van der Waals surface area contributed by atoms with E-state index in [1.165, 1.54) is 0 Å². The number of aliphatic hydroxyl groups excluding tert-OH is 1. The monoisotopic (exact) mass is 514 g/mol. The van der Waals surface area contributed by atoms with E-state index in [-0.39, 0.29) is 46.9 Å². The molecule has 6 rings (SSSR count). The summed E-state index contributed by atoms with van der Waals surface area (Å²) in [5.41, 5.74) is -0.807. The lowest BCUT2D eigenvalue weighted by Gasteiger charge is -2.64. The van der Waals surface area contributed by atoms with E-state index in [2.05, 4.69) is 6.92 Å². The van der Waals surface area contributed by atoms with Crippen molar-refractivity contribution in [3.05, 3.63) is 23.3 Å². The lowest BCUT2D eigenvalue weighted by atomic mass is 9.42. The zero-order valence-corrected chi connectivity index (χ0v) is 23.0. The van der Waals surface area contributed by atoms with Crippen molar-refractivity contribution in [1.82, 2.24) is 0 Å². The number of aliphatic hydroxyl groups is 1. The maximum Gasteiger partial charge on any atom is 0.334 e.